The Morgan fingerprint density at radius 2 is 1.67 bits per heavy atom. The minimum Gasteiger partial charge on any atom is -0.451 e. The zero-order valence-electron chi connectivity index (χ0n) is 19.9. The number of fused-ring (bicyclic) bond motifs is 1. The lowest BCUT2D eigenvalue weighted by Gasteiger charge is -2.37. The van der Waals surface area contributed by atoms with Gasteiger partial charge in [0.15, 0.2) is 11.2 Å². The van der Waals surface area contributed by atoms with E-state index in [4.69, 9.17) is 4.42 Å². The molecule has 9 nitrogen and oxygen atoms in total. The molecular weight excluding hydrogens is 460 g/mol. The molecule has 36 heavy (non-hydrogen) atoms. The highest BCUT2D eigenvalue weighted by Gasteiger charge is 2.25. The maximum Gasteiger partial charge on any atom is 0.287 e. The zero-order valence-corrected chi connectivity index (χ0v) is 19.9. The molecule has 3 heterocycles. The summed E-state index contributed by atoms with van der Waals surface area (Å²) < 4.78 is 5.54. The predicted molar refractivity (Wildman–Crippen MR) is 135 cm³/mol. The summed E-state index contributed by atoms with van der Waals surface area (Å²) in [4.78, 5) is 55.4. The third kappa shape index (κ3) is 4.95. The second-order valence-corrected chi connectivity index (χ2v) is 9.07. The third-order valence-electron chi connectivity index (χ3n) is 6.76. The molecule has 1 N–H and O–H groups in total. The smallest absolute Gasteiger partial charge is 0.287 e. The van der Waals surface area contributed by atoms with E-state index in [0.717, 1.165) is 30.3 Å². The average Bonchev–Trinajstić information content (AvgIpc) is 3.31. The molecule has 2 aliphatic rings. The molecule has 9 heteroatoms. The van der Waals surface area contributed by atoms with Crippen LogP contribution in [0.1, 0.15) is 29.0 Å². The van der Waals surface area contributed by atoms with Gasteiger partial charge in [0.25, 0.3) is 5.91 Å². The molecule has 0 atom stereocenters. The number of hydrogen-bond donors (Lipinski definition) is 1. The summed E-state index contributed by atoms with van der Waals surface area (Å²) in [6.45, 7) is 3.58. The molecule has 0 radical (unpaired) electrons. The minimum absolute atomic E-state index is 0.121. The van der Waals surface area contributed by atoms with Crippen LogP contribution in [0.4, 0.5) is 5.69 Å². The summed E-state index contributed by atoms with van der Waals surface area (Å²) in [6, 6.07) is 15.9. The number of carbonyl (C=O) groups excluding carboxylic acids is 3. The van der Waals surface area contributed by atoms with E-state index < -0.39 is 5.91 Å². The highest BCUT2D eigenvalue weighted by Crippen LogP contribution is 2.25. The molecule has 0 bridgehead atoms. The lowest BCUT2D eigenvalue weighted by Crippen LogP contribution is -2.51. The molecule has 5 rings (SSSR count). The van der Waals surface area contributed by atoms with Crippen LogP contribution in [-0.2, 0) is 16.1 Å². The van der Waals surface area contributed by atoms with Crippen molar-refractivity contribution < 1.29 is 18.8 Å². The Bertz CT molecular complexity index is 1360. The first-order valence-corrected chi connectivity index (χ1v) is 12.2. The molecule has 1 aromatic heterocycles. The number of likely N-dealkylation sites (tertiary alicyclic amines) is 1. The predicted octanol–water partition coefficient (Wildman–Crippen LogP) is 1.99. The number of amides is 3. The van der Waals surface area contributed by atoms with Crippen molar-refractivity contribution in [1.29, 1.82) is 0 Å². The number of para-hydroxylation sites is 2. The highest BCUT2D eigenvalue weighted by molar-refractivity contribution is 5.95. The van der Waals surface area contributed by atoms with E-state index in [1.54, 1.807) is 29.2 Å². The van der Waals surface area contributed by atoms with Gasteiger partial charge in [-0.2, -0.15) is 0 Å². The summed E-state index contributed by atoms with van der Waals surface area (Å²) in [6.07, 6.45) is 1.53. The molecule has 186 valence electrons. The van der Waals surface area contributed by atoms with E-state index in [1.807, 2.05) is 17.0 Å². The van der Waals surface area contributed by atoms with Crippen LogP contribution in [0.15, 0.2) is 63.8 Å². The number of rotatable bonds is 6. The molecule has 3 amide bonds. The molecule has 2 aromatic carbocycles. The molecule has 0 saturated carbocycles. The average molecular weight is 489 g/mol. The molecule has 0 unspecified atom stereocenters. The van der Waals surface area contributed by atoms with Crippen molar-refractivity contribution in [2.24, 2.45) is 0 Å². The van der Waals surface area contributed by atoms with Gasteiger partial charge in [-0.1, -0.05) is 30.3 Å². The summed E-state index contributed by atoms with van der Waals surface area (Å²) >= 11 is 0. The fraction of sp³-hybridized carbons (Fsp3) is 0.333. The SMILES string of the molecule is O=C(NCC(=O)N1CCN(c2ccccc2CN2CCCC2=O)CC1)c1cc(=O)c2ccccc2o1. The van der Waals surface area contributed by atoms with Crippen molar-refractivity contribution in [3.8, 4) is 0 Å². The van der Waals surface area contributed by atoms with Crippen LogP contribution in [0, 0.1) is 0 Å². The Labute approximate surface area is 208 Å². The van der Waals surface area contributed by atoms with E-state index in [2.05, 4.69) is 22.3 Å². The standard InChI is InChI=1S/C27H28N4O5/c32-22-16-24(36-23-9-4-2-7-20(22)23)27(35)28-17-26(34)30-14-12-29(13-15-30)21-8-3-1-6-19(21)18-31-11-5-10-25(31)33/h1-4,6-9,16H,5,10-15,17-18H2,(H,28,35). The van der Waals surface area contributed by atoms with Gasteiger partial charge in [-0.15, -0.1) is 0 Å². The molecule has 3 aromatic rings. The lowest BCUT2D eigenvalue weighted by atomic mass is 10.1. The number of nitrogens with zero attached hydrogens (tertiary/aromatic N) is 3. The number of hydrogen-bond acceptors (Lipinski definition) is 6. The Morgan fingerprint density at radius 1 is 0.917 bits per heavy atom. The summed E-state index contributed by atoms with van der Waals surface area (Å²) in [5.41, 5.74) is 2.21. The number of piperazine rings is 1. The summed E-state index contributed by atoms with van der Waals surface area (Å²) in [5, 5.41) is 2.97. The maximum absolute atomic E-state index is 12.7. The first kappa shape index (κ1) is 23.6. The van der Waals surface area contributed by atoms with Crippen molar-refractivity contribution in [2.75, 3.05) is 44.2 Å². The second-order valence-electron chi connectivity index (χ2n) is 9.07. The Balaban J connectivity index is 1.16. The van der Waals surface area contributed by atoms with Gasteiger partial charge in [-0.3, -0.25) is 19.2 Å². The van der Waals surface area contributed by atoms with Crippen LogP contribution >= 0.6 is 0 Å². The van der Waals surface area contributed by atoms with Crippen molar-refractivity contribution in [2.45, 2.75) is 19.4 Å². The summed E-state index contributed by atoms with van der Waals surface area (Å²) in [5.74, 6) is -0.716. The van der Waals surface area contributed by atoms with Crippen LogP contribution in [0.5, 0.6) is 0 Å². The number of nitrogens with one attached hydrogen (secondary N) is 1. The van der Waals surface area contributed by atoms with Crippen LogP contribution in [0.25, 0.3) is 11.0 Å². The fourth-order valence-corrected chi connectivity index (χ4v) is 4.80. The van der Waals surface area contributed by atoms with Gasteiger partial charge in [0, 0.05) is 57.4 Å². The Kier molecular flexibility index (Phi) is 6.71. The topological polar surface area (TPSA) is 103 Å². The van der Waals surface area contributed by atoms with Crippen LogP contribution in [0.2, 0.25) is 0 Å². The third-order valence-corrected chi connectivity index (χ3v) is 6.76. The first-order chi connectivity index (χ1) is 17.5. The molecule has 2 fully saturated rings. The zero-order chi connectivity index (χ0) is 25.1. The Hall–Kier alpha value is -4.14. The van der Waals surface area contributed by atoms with Crippen LogP contribution < -0.4 is 15.6 Å². The monoisotopic (exact) mass is 488 g/mol. The molecule has 2 saturated heterocycles. The quantitative estimate of drug-likeness (QED) is 0.569. The van der Waals surface area contributed by atoms with Gasteiger partial charge in [0.05, 0.1) is 11.9 Å². The van der Waals surface area contributed by atoms with Gasteiger partial charge < -0.3 is 24.4 Å². The number of anilines is 1. The molecule has 0 spiro atoms. The first-order valence-electron chi connectivity index (χ1n) is 12.2. The van der Waals surface area contributed by atoms with E-state index >= 15 is 0 Å². The normalized spacial score (nSPS) is 16.0. The van der Waals surface area contributed by atoms with Gasteiger partial charge in [0.1, 0.15) is 5.58 Å². The van der Waals surface area contributed by atoms with E-state index in [-0.39, 0.29) is 29.5 Å². The lowest BCUT2D eigenvalue weighted by molar-refractivity contribution is -0.130. The van der Waals surface area contributed by atoms with Crippen molar-refractivity contribution in [3.63, 3.8) is 0 Å². The molecule has 0 aliphatic carbocycles. The van der Waals surface area contributed by atoms with Gasteiger partial charge >= 0.3 is 0 Å². The van der Waals surface area contributed by atoms with Crippen molar-refractivity contribution >= 4 is 34.4 Å². The van der Waals surface area contributed by atoms with Crippen molar-refractivity contribution in [1.82, 2.24) is 15.1 Å². The van der Waals surface area contributed by atoms with Gasteiger partial charge in [-0.05, 0) is 30.2 Å². The van der Waals surface area contributed by atoms with Crippen LogP contribution in [-0.4, -0.2) is 66.8 Å². The van der Waals surface area contributed by atoms with Gasteiger partial charge in [0.2, 0.25) is 11.8 Å². The van der Waals surface area contributed by atoms with E-state index in [9.17, 15) is 19.2 Å². The Morgan fingerprint density at radius 3 is 2.44 bits per heavy atom. The van der Waals surface area contributed by atoms with E-state index in [1.165, 1.54) is 0 Å². The fourth-order valence-electron chi connectivity index (χ4n) is 4.80. The molecule has 2 aliphatic heterocycles. The molecular formula is C27H28N4O5. The van der Waals surface area contributed by atoms with Crippen LogP contribution in [0.3, 0.4) is 0 Å². The number of carbonyl (C=O) groups is 3. The van der Waals surface area contributed by atoms with Crippen molar-refractivity contribution in [3.05, 3.63) is 76.1 Å². The summed E-state index contributed by atoms with van der Waals surface area (Å²) in [7, 11) is 0. The maximum atomic E-state index is 12.7. The van der Waals surface area contributed by atoms with E-state index in [0.29, 0.717) is 50.1 Å². The highest BCUT2D eigenvalue weighted by atomic mass is 16.3. The largest absolute Gasteiger partial charge is 0.451 e. The number of benzene rings is 2. The van der Waals surface area contributed by atoms with Gasteiger partial charge in [-0.25, -0.2) is 0 Å². The minimum atomic E-state index is -0.602. The second kappa shape index (κ2) is 10.2.